The molecule has 0 fully saturated rings. The first-order valence-electron chi connectivity index (χ1n) is 3.67. The van der Waals surface area contributed by atoms with Gasteiger partial charge in [0.05, 0.1) is 5.69 Å². The molecule has 0 heterocycles. The van der Waals surface area contributed by atoms with E-state index in [0.717, 1.165) is 0 Å². The molecule has 0 aliphatic carbocycles. The summed E-state index contributed by atoms with van der Waals surface area (Å²) in [5.74, 6) is 1.53. The standard InChI is InChI=1S/C10H8FNO/c1-3-8-4-5-9(11)10(6-8)12-7(2)13/h1,4-6H,2H3,(H,12,13). The Morgan fingerprint density at radius 3 is 2.85 bits per heavy atom. The molecular weight excluding hydrogens is 169 g/mol. The predicted molar refractivity (Wildman–Crippen MR) is 48.6 cm³/mol. The van der Waals surface area contributed by atoms with Gasteiger partial charge >= 0.3 is 0 Å². The largest absolute Gasteiger partial charge is 0.324 e. The zero-order valence-corrected chi connectivity index (χ0v) is 7.10. The Morgan fingerprint density at radius 2 is 2.31 bits per heavy atom. The minimum absolute atomic E-state index is 0.114. The third-order valence-electron chi connectivity index (χ3n) is 1.44. The maximum Gasteiger partial charge on any atom is 0.221 e. The van der Waals surface area contributed by atoms with Crippen LogP contribution in [0, 0.1) is 18.2 Å². The first-order chi connectivity index (χ1) is 6.13. The molecule has 0 spiro atoms. The lowest BCUT2D eigenvalue weighted by atomic mass is 10.2. The van der Waals surface area contributed by atoms with Gasteiger partial charge in [-0.25, -0.2) is 4.39 Å². The van der Waals surface area contributed by atoms with Crippen molar-refractivity contribution in [2.75, 3.05) is 5.32 Å². The van der Waals surface area contributed by atoms with Gasteiger partial charge in [0.1, 0.15) is 5.82 Å². The quantitative estimate of drug-likeness (QED) is 0.651. The molecule has 0 atom stereocenters. The average Bonchev–Trinajstić information content (AvgIpc) is 2.08. The summed E-state index contributed by atoms with van der Waals surface area (Å²) in [6, 6.07) is 4.11. The molecule has 2 nitrogen and oxygen atoms in total. The summed E-state index contributed by atoms with van der Waals surface area (Å²) in [6.45, 7) is 1.31. The van der Waals surface area contributed by atoms with Crippen molar-refractivity contribution in [3.63, 3.8) is 0 Å². The van der Waals surface area contributed by atoms with E-state index in [4.69, 9.17) is 6.42 Å². The van der Waals surface area contributed by atoms with Crippen LogP contribution in [0.3, 0.4) is 0 Å². The highest BCUT2D eigenvalue weighted by molar-refractivity contribution is 5.88. The van der Waals surface area contributed by atoms with Crippen LogP contribution >= 0.6 is 0 Å². The monoisotopic (exact) mass is 177 g/mol. The summed E-state index contributed by atoms with van der Waals surface area (Å²) >= 11 is 0. The second kappa shape index (κ2) is 3.72. The number of benzene rings is 1. The van der Waals surface area contributed by atoms with Crippen LogP contribution in [0.25, 0.3) is 0 Å². The van der Waals surface area contributed by atoms with Gasteiger partial charge in [-0.1, -0.05) is 5.92 Å². The van der Waals surface area contributed by atoms with Crippen LogP contribution in [-0.4, -0.2) is 5.91 Å². The van der Waals surface area contributed by atoms with Crippen molar-refractivity contribution in [2.24, 2.45) is 0 Å². The molecule has 1 aromatic carbocycles. The fourth-order valence-electron chi connectivity index (χ4n) is 0.900. The first kappa shape index (κ1) is 9.27. The van der Waals surface area contributed by atoms with Crippen LogP contribution in [0.5, 0.6) is 0 Å². The molecule has 0 aromatic heterocycles. The Balaban J connectivity index is 3.05. The number of hydrogen-bond acceptors (Lipinski definition) is 1. The Morgan fingerprint density at radius 1 is 1.62 bits per heavy atom. The highest BCUT2D eigenvalue weighted by Gasteiger charge is 2.03. The predicted octanol–water partition coefficient (Wildman–Crippen LogP) is 1.77. The Labute approximate surface area is 75.8 Å². The molecule has 1 rings (SSSR count). The zero-order chi connectivity index (χ0) is 9.84. The van der Waals surface area contributed by atoms with Gasteiger partial charge < -0.3 is 5.32 Å². The molecule has 0 saturated carbocycles. The third-order valence-corrected chi connectivity index (χ3v) is 1.44. The van der Waals surface area contributed by atoms with Gasteiger partial charge in [0.15, 0.2) is 0 Å². The van der Waals surface area contributed by atoms with E-state index in [9.17, 15) is 9.18 Å². The molecule has 3 heteroatoms. The van der Waals surface area contributed by atoms with Crippen LogP contribution in [0.4, 0.5) is 10.1 Å². The van der Waals surface area contributed by atoms with E-state index >= 15 is 0 Å². The van der Waals surface area contributed by atoms with Gasteiger partial charge in [0.2, 0.25) is 5.91 Å². The van der Waals surface area contributed by atoms with Crippen molar-refractivity contribution < 1.29 is 9.18 Å². The van der Waals surface area contributed by atoms with Crippen molar-refractivity contribution in [3.8, 4) is 12.3 Å². The molecular formula is C10H8FNO. The second-order valence-corrected chi connectivity index (χ2v) is 2.52. The smallest absolute Gasteiger partial charge is 0.221 e. The summed E-state index contributed by atoms with van der Waals surface area (Å²) in [5.41, 5.74) is 0.646. The third kappa shape index (κ3) is 2.31. The van der Waals surface area contributed by atoms with E-state index in [1.807, 2.05) is 0 Å². The van der Waals surface area contributed by atoms with E-state index in [2.05, 4.69) is 11.2 Å². The number of nitrogens with one attached hydrogen (secondary N) is 1. The first-order valence-corrected chi connectivity index (χ1v) is 3.67. The fourth-order valence-corrected chi connectivity index (χ4v) is 0.900. The van der Waals surface area contributed by atoms with Gasteiger partial charge in [0.25, 0.3) is 0 Å². The topological polar surface area (TPSA) is 29.1 Å². The highest BCUT2D eigenvalue weighted by atomic mass is 19.1. The minimum Gasteiger partial charge on any atom is -0.324 e. The molecule has 0 aliphatic rings. The number of rotatable bonds is 1. The van der Waals surface area contributed by atoms with Crippen molar-refractivity contribution in [1.29, 1.82) is 0 Å². The summed E-state index contributed by atoms with van der Waals surface area (Å²) < 4.78 is 13.0. The number of terminal acetylenes is 1. The van der Waals surface area contributed by atoms with E-state index in [1.165, 1.54) is 25.1 Å². The number of amides is 1. The lowest BCUT2D eigenvalue weighted by Gasteiger charge is -2.03. The summed E-state index contributed by atoms with van der Waals surface area (Å²) in [7, 11) is 0. The highest BCUT2D eigenvalue weighted by Crippen LogP contribution is 2.15. The van der Waals surface area contributed by atoms with Crippen LogP contribution in [0.1, 0.15) is 12.5 Å². The number of carbonyl (C=O) groups is 1. The molecule has 1 amide bonds. The van der Waals surface area contributed by atoms with Gasteiger partial charge in [-0.05, 0) is 18.2 Å². The zero-order valence-electron chi connectivity index (χ0n) is 7.10. The minimum atomic E-state index is -0.491. The SMILES string of the molecule is C#Cc1ccc(F)c(NC(C)=O)c1. The number of halogens is 1. The van der Waals surface area contributed by atoms with E-state index < -0.39 is 5.82 Å². The van der Waals surface area contributed by atoms with Crippen LogP contribution in [0.2, 0.25) is 0 Å². The summed E-state index contributed by atoms with van der Waals surface area (Å²) in [5, 5.41) is 2.34. The maximum atomic E-state index is 13.0. The molecule has 0 bridgehead atoms. The number of anilines is 1. The lowest BCUT2D eigenvalue weighted by molar-refractivity contribution is -0.114. The van der Waals surface area contributed by atoms with E-state index in [-0.39, 0.29) is 11.6 Å². The molecule has 1 aromatic rings. The Kier molecular flexibility index (Phi) is 2.65. The lowest BCUT2D eigenvalue weighted by Crippen LogP contribution is -2.07. The van der Waals surface area contributed by atoms with Crippen molar-refractivity contribution >= 4 is 11.6 Å². The summed E-state index contributed by atoms with van der Waals surface area (Å²) in [4.78, 5) is 10.6. The molecule has 0 saturated heterocycles. The molecule has 0 unspecified atom stereocenters. The Hall–Kier alpha value is -1.82. The fraction of sp³-hybridized carbons (Fsp3) is 0.100. The molecule has 66 valence electrons. The maximum absolute atomic E-state index is 13.0. The normalized spacial score (nSPS) is 9.00. The second-order valence-electron chi connectivity index (χ2n) is 2.52. The van der Waals surface area contributed by atoms with E-state index in [0.29, 0.717) is 5.56 Å². The van der Waals surface area contributed by atoms with Crippen LogP contribution < -0.4 is 5.32 Å². The number of hydrogen-bond donors (Lipinski definition) is 1. The molecule has 1 N–H and O–H groups in total. The van der Waals surface area contributed by atoms with Crippen molar-refractivity contribution in [1.82, 2.24) is 0 Å². The van der Waals surface area contributed by atoms with Gasteiger partial charge in [0, 0.05) is 12.5 Å². The Bertz CT molecular complexity index is 379. The van der Waals surface area contributed by atoms with Crippen molar-refractivity contribution in [2.45, 2.75) is 6.92 Å². The van der Waals surface area contributed by atoms with Crippen LogP contribution in [-0.2, 0) is 4.79 Å². The van der Waals surface area contributed by atoms with Gasteiger partial charge in [-0.2, -0.15) is 0 Å². The number of carbonyl (C=O) groups excluding carboxylic acids is 1. The van der Waals surface area contributed by atoms with Gasteiger partial charge in [-0.3, -0.25) is 4.79 Å². The molecule has 0 aliphatic heterocycles. The van der Waals surface area contributed by atoms with Gasteiger partial charge in [-0.15, -0.1) is 6.42 Å². The van der Waals surface area contributed by atoms with Crippen LogP contribution in [0.15, 0.2) is 18.2 Å². The summed E-state index contributed by atoms with van der Waals surface area (Å²) in [6.07, 6.45) is 5.11. The molecule has 13 heavy (non-hydrogen) atoms. The van der Waals surface area contributed by atoms with Crippen molar-refractivity contribution in [3.05, 3.63) is 29.6 Å². The average molecular weight is 177 g/mol. The molecule has 0 radical (unpaired) electrons. The van der Waals surface area contributed by atoms with E-state index in [1.54, 1.807) is 0 Å².